The molecule has 0 aliphatic carbocycles. The van der Waals surface area contributed by atoms with Gasteiger partial charge in [-0.1, -0.05) is 12.1 Å². The lowest BCUT2D eigenvalue weighted by Crippen LogP contribution is -2.46. The third kappa shape index (κ3) is 3.80. The molecule has 0 bridgehead atoms. The lowest BCUT2D eigenvalue weighted by atomic mass is 10.1. The third-order valence-corrected chi connectivity index (χ3v) is 5.61. The molecule has 0 radical (unpaired) electrons. The molecule has 0 saturated carbocycles. The van der Waals surface area contributed by atoms with E-state index in [-0.39, 0.29) is 36.8 Å². The molecule has 1 N–H and O–H groups in total. The predicted octanol–water partition coefficient (Wildman–Crippen LogP) is 0.857. The Balaban J connectivity index is 1.50. The number of aryl methyl sites for hydroxylation is 1. The summed E-state index contributed by atoms with van der Waals surface area (Å²) in [5.41, 5.74) is 2.28. The van der Waals surface area contributed by atoms with Gasteiger partial charge in [0.25, 0.3) is 5.56 Å². The van der Waals surface area contributed by atoms with Crippen LogP contribution in [0.5, 0.6) is 0 Å². The van der Waals surface area contributed by atoms with Crippen LogP contribution in [0.3, 0.4) is 0 Å². The van der Waals surface area contributed by atoms with Crippen molar-refractivity contribution in [1.29, 1.82) is 0 Å². The highest BCUT2D eigenvalue weighted by Crippen LogP contribution is 2.32. The highest BCUT2D eigenvalue weighted by molar-refractivity contribution is 6.10. The molecule has 4 rings (SSSR count). The standard InChI is InChI=1S/C21H25N5O4/c1-14-15(20(29)23-21(22-14)25-9-11-30-12-10-25)7-8-18(27)26-13-19(28)24(2)16-5-3-4-6-17(16)26/h3-6H,7-13H2,1-2H3,(H,22,23,29). The zero-order valence-corrected chi connectivity index (χ0v) is 17.2. The molecule has 3 heterocycles. The third-order valence-electron chi connectivity index (χ3n) is 5.61. The Kier molecular flexibility index (Phi) is 5.54. The van der Waals surface area contributed by atoms with E-state index < -0.39 is 0 Å². The van der Waals surface area contributed by atoms with E-state index in [4.69, 9.17) is 4.74 Å². The highest BCUT2D eigenvalue weighted by Gasteiger charge is 2.30. The van der Waals surface area contributed by atoms with E-state index in [0.717, 1.165) is 0 Å². The second-order valence-corrected chi connectivity index (χ2v) is 7.47. The van der Waals surface area contributed by atoms with Crippen LogP contribution in [0.2, 0.25) is 0 Å². The van der Waals surface area contributed by atoms with Crippen LogP contribution >= 0.6 is 0 Å². The molecule has 30 heavy (non-hydrogen) atoms. The van der Waals surface area contributed by atoms with E-state index in [1.54, 1.807) is 18.9 Å². The molecule has 1 aromatic carbocycles. The first-order chi connectivity index (χ1) is 14.5. The summed E-state index contributed by atoms with van der Waals surface area (Å²) in [6.07, 6.45) is 0.382. The summed E-state index contributed by atoms with van der Waals surface area (Å²) in [5, 5.41) is 0. The Bertz CT molecular complexity index is 1030. The smallest absolute Gasteiger partial charge is 0.255 e. The van der Waals surface area contributed by atoms with Crippen LogP contribution in [-0.4, -0.2) is 61.7 Å². The Morgan fingerprint density at radius 3 is 2.57 bits per heavy atom. The lowest BCUT2D eigenvalue weighted by molar-refractivity contribution is -0.122. The molecule has 158 valence electrons. The van der Waals surface area contributed by atoms with E-state index in [1.165, 1.54) is 4.90 Å². The van der Waals surface area contributed by atoms with Crippen LogP contribution in [0.4, 0.5) is 17.3 Å². The van der Waals surface area contributed by atoms with E-state index in [0.29, 0.717) is 54.9 Å². The van der Waals surface area contributed by atoms with Crippen molar-refractivity contribution in [3.05, 3.63) is 45.9 Å². The number of carbonyl (C=O) groups is 2. The summed E-state index contributed by atoms with van der Waals surface area (Å²) in [5.74, 6) is 0.196. The molecule has 1 fully saturated rings. The van der Waals surface area contributed by atoms with Gasteiger partial charge in [0, 0.05) is 37.8 Å². The van der Waals surface area contributed by atoms with Gasteiger partial charge in [-0.25, -0.2) is 4.98 Å². The van der Waals surface area contributed by atoms with E-state index in [9.17, 15) is 14.4 Å². The molecule has 1 saturated heterocycles. The van der Waals surface area contributed by atoms with Gasteiger partial charge in [-0.15, -0.1) is 0 Å². The van der Waals surface area contributed by atoms with Crippen LogP contribution in [0.15, 0.2) is 29.1 Å². The zero-order valence-electron chi connectivity index (χ0n) is 17.2. The molecule has 2 aliphatic heterocycles. The molecule has 1 aromatic heterocycles. The average Bonchev–Trinajstić information content (AvgIpc) is 2.76. The fourth-order valence-corrected chi connectivity index (χ4v) is 3.84. The van der Waals surface area contributed by atoms with E-state index >= 15 is 0 Å². The second kappa shape index (κ2) is 8.27. The number of aromatic nitrogens is 2. The van der Waals surface area contributed by atoms with Crippen molar-refractivity contribution in [2.75, 3.05) is 54.6 Å². The summed E-state index contributed by atoms with van der Waals surface area (Å²) in [6, 6.07) is 7.32. The maximum Gasteiger partial charge on any atom is 0.255 e. The first-order valence-electron chi connectivity index (χ1n) is 10.0. The van der Waals surface area contributed by atoms with E-state index in [2.05, 4.69) is 9.97 Å². The number of nitrogens with one attached hydrogen (secondary N) is 1. The molecule has 9 heteroatoms. The van der Waals surface area contributed by atoms with Gasteiger partial charge < -0.3 is 19.4 Å². The molecule has 0 unspecified atom stereocenters. The summed E-state index contributed by atoms with van der Waals surface area (Å²) >= 11 is 0. The number of H-pyrrole nitrogens is 1. The quantitative estimate of drug-likeness (QED) is 0.801. The van der Waals surface area contributed by atoms with Gasteiger partial charge in [-0.3, -0.25) is 19.4 Å². The minimum atomic E-state index is -0.230. The second-order valence-electron chi connectivity index (χ2n) is 7.47. The molecule has 2 aliphatic rings. The van der Waals surface area contributed by atoms with Gasteiger partial charge in [-0.05, 0) is 25.5 Å². The monoisotopic (exact) mass is 411 g/mol. The molecule has 9 nitrogen and oxygen atoms in total. The summed E-state index contributed by atoms with van der Waals surface area (Å²) in [7, 11) is 1.70. The number of ether oxygens (including phenoxy) is 1. The molecular formula is C21H25N5O4. The SMILES string of the molecule is Cc1nc(N2CCOCC2)[nH]c(=O)c1CCC(=O)N1CC(=O)N(C)c2ccccc21. The number of carbonyl (C=O) groups excluding carboxylic acids is 2. The van der Waals surface area contributed by atoms with E-state index in [1.807, 2.05) is 29.2 Å². The number of fused-ring (bicyclic) bond motifs is 1. The first-order valence-corrected chi connectivity index (χ1v) is 10.0. The van der Waals surface area contributed by atoms with Crippen molar-refractivity contribution >= 4 is 29.1 Å². The minimum absolute atomic E-state index is 0.00406. The number of nitrogens with zero attached hydrogens (tertiary/aromatic N) is 4. The average molecular weight is 411 g/mol. The minimum Gasteiger partial charge on any atom is -0.378 e. The maximum absolute atomic E-state index is 12.9. The van der Waals surface area contributed by atoms with Crippen molar-refractivity contribution in [2.24, 2.45) is 0 Å². The van der Waals surface area contributed by atoms with Crippen molar-refractivity contribution < 1.29 is 14.3 Å². The molecule has 0 atom stereocenters. The van der Waals surface area contributed by atoms with Gasteiger partial charge in [-0.2, -0.15) is 0 Å². The molecule has 2 aromatic rings. The number of anilines is 3. The first kappa shape index (κ1) is 20.1. The lowest BCUT2D eigenvalue weighted by Gasteiger charge is -2.34. The van der Waals surface area contributed by atoms with Crippen molar-refractivity contribution in [3.63, 3.8) is 0 Å². The predicted molar refractivity (Wildman–Crippen MR) is 113 cm³/mol. The molecule has 0 spiro atoms. The number of para-hydroxylation sites is 2. The number of morpholine rings is 1. The van der Waals surface area contributed by atoms with Gasteiger partial charge in [0.2, 0.25) is 17.8 Å². The number of amides is 2. The summed E-state index contributed by atoms with van der Waals surface area (Å²) in [4.78, 5) is 50.3. The van der Waals surface area contributed by atoms with Crippen LogP contribution in [0, 0.1) is 6.92 Å². The molecule has 2 amide bonds. The Hall–Kier alpha value is -3.20. The fourth-order valence-electron chi connectivity index (χ4n) is 3.84. The largest absolute Gasteiger partial charge is 0.378 e. The zero-order chi connectivity index (χ0) is 21.3. The van der Waals surface area contributed by atoms with Gasteiger partial charge in [0.05, 0.1) is 24.6 Å². The number of aromatic amines is 1. The van der Waals surface area contributed by atoms with Gasteiger partial charge >= 0.3 is 0 Å². The van der Waals surface area contributed by atoms with Crippen molar-refractivity contribution in [1.82, 2.24) is 9.97 Å². The van der Waals surface area contributed by atoms with Crippen molar-refractivity contribution in [3.8, 4) is 0 Å². The fraction of sp³-hybridized carbons (Fsp3) is 0.429. The van der Waals surface area contributed by atoms with Crippen LogP contribution in [0.1, 0.15) is 17.7 Å². The number of benzene rings is 1. The Labute approximate surface area is 174 Å². The summed E-state index contributed by atoms with van der Waals surface area (Å²) in [6.45, 7) is 4.34. The Morgan fingerprint density at radius 1 is 1.17 bits per heavy atom. The van der Waals surface area contributed by atoms with Gasteiger partial charge in [0.1, 0.15) is 6.54 Å². The normalized spacial score (nSPS) is 16.6. The van der Waals surface area contributed by atoms with Crippen molar-refractivity contribution in [2.45, 2.75) is 19.8 Å². The number of hydrogen-bond acceptors (Lipinski definition) is 6. The number of likely N-dealkylation sites (N-methyl/N-ethyl adjacent to an activating group) is 1. The topological polar surface area (TPSA) is 98.8 Å². The number of hydrogen-bond donors (Lipinski definition) is 1. The Morgan fingerprint density at radius 2 is 1.87 bits per heavy atom. The maximum atomic E-state index is 12.9. The highest BCUT2D eigenvalue weighted by atomic mass is 16.5. The van der Waals surface area contributed by atoms with Gasteiger partial charge in [0.15, 0.2) is 0 Å². The van der Waals surface area contributed by atoms with Crippen LogP contribution in [0.25, 0.3) is 0 Å². The molecular weight excluding hydrogens is 386 g/mol. The van der Waals surface area contributed by atoms with Crippen LogP contribution in [-0.2, 0) is 20.7 Å². The van der Waals surface area contributed by atoms with Crippen LogP contribution < -0.4 is 20.3 Å². The summed E-state index contributed by atoms with van der Waals surface area (Å²) < 4.78 is 5.34. The number of rotatable bonds is 4.